The van der Waals surface area contributed by atoms with Crippen molar-refractivity contribution in [2.24, 2.45) is 10.7 Å². The Labute approximate surface area is 80.6 Å². The highest BCUT2D eigenvalue weighted by molar-refractivity contribution is 5.98. The van der Waals surface area contributed by atoms with Gasteiger partial charge in [0.1, 0.15) is 0 Å². The largest absolute Gasteiger partial charge is 0.447 e. The number of pyridine rings is 1. The molecule has 0 radical (unpaired) electrons. The topological polar surface area (TPSA) is 77.6 Å². The molecule has 5 nitrogen and oxygen atoms in total. The van der Waals surface area contributed by atoms with E-state index in [1.807, 2.05) is 6.92 Å². The molecule has 14 heavy (non-hydrogen) atoms. The highest BCUT2D eigenvalue weighted by Crippen LogP contribution is 2.24. The number of hydrogen-bond donors (Lipinski definition) is 1. The average Bonchev–Trinajstić information content (AvgIpc) is 2.46. The van der Waals surface area contributed by atoms with Crippen molar-refractivity contribution in [1.29, 1.82) is 0 Å². The van der Waals surface area contributed by atoms with Crippen molar-refractivity contribution in [2.45, 2.75) is 13.0 Å². The maximum Gasteiger partial charge on any atom is 0.296 e. The number of nitrogens with zero attached hydrogens (tertiary/aromatic N) is 2. The maximum atomic E-state index is 11.3. The number of amidine groups is 1. The summed E-state index contributed by atoms with van der Waals surface area (Å²) in [4.78, 5) is 18.7. The Balaban J connectivity index is 2.35. The lowest BCUT2D eigenvalue weighted by molar-refractivity contribution is -0.122. The van der Waals surface area contributed by atoms with Crippen molar-refractivity contribution in [3.63, 3.8) is 0 Å². The second kappa shape index (κ2) is 3.10. The minimum Gasteiger partial charge on any atom is -0.447 e. The SMILES string of the molecule is Cc1ccncc1C1OC(N)=NC1=O. The zero-order valence-electron chi connectivity index (χ0n) is 7.60. The molecule has 0 aromatic carbocycles. The van der Waals surface area contributed by atoms with Gasteiger partial charge in [0.15, 0.2) is 0 Å². The smallest absolute Gasteiger partial charge is 0.296 e. The van der Waals surface area contributed by atoms with Crippen LogP contribution in [0.25, 0.3) is 0 Å². The fourth-order valence-electron chi connectivity index (χ4n) is 1.31. The Morgan fingerprint density at radius 1 is 1.57 bits per heavy atom. The van der Waals surface area contributed by atoms with Crippen LogP contribution < -0.4 is 5.73 Å². The van der Waals surface area contributed by atoms with Crippen molar-refractivity contribution in [3.8, 4) is 0 Å². The third-order valence-electron chi connectivity index (χ3n) is 2.05. The first-order chi connectivity index (χ1) is 6.68. The molecule has 5 heteroatoms. The molecule has 2 rings (SSSR count). The van der Waals surface area contributed by atoms with E-state index in [1.165, 1.54) is 0 Å². The summed E-state index contributed by atoms with van der Waals surface area (Å²) in [5.41, 5.74) is 6.93. The second-order valence-corrected chi connectivity index (χ2v) is 3.02. The number of aromatic nitrogens is 1. The van der Waals surface area contributed by atoms with Crippen molar-refractivity contribution in [2.75, 3.05) is 0 Å². The van der Waals surface area contributed by atoms with Crippen LogP contribution in [-0.4, -0.2) is 16.9 Å². The highest BCUT2D eigenvalue weighted by Gasteiger charge is 2.30. The van der Waals surface area contributed by atoms with E-state index in [9.17, 15) is 4.79 Å². The molecule has 2 N–H and O–H groups in total. The summed E-state index contributed by atoms with van der Waals surface area (Å²) in [6.45, 7) is 1.88. The number of carbonyl (C=O) groups excluding carboxylic acids is 1. The molecule has 0 spiro atoms. The zero-order valence-corrected chi connectivity index (χ0v) is 7.60. The Bertz CT molecular complexity index is 414. The molecule has 1 aromatic heterocycles. The van der Waals surface area contributed by atoms with E-state index in [2.05, 4.69) is 9.98 Å². The van der Waals surface area contributed by atoms with E-state index >= 15 is 0 Å². The van der Waals surface area contributed by atoms with Gasteiger partial charge in [0, 0.05) is 18.0 Å². The number of aliphatic imine (C=N–C) groups is 1. The molecule has 1 aromatic rings. The van der Waals surface area contributed by atoms with Gasteiger partial charge < -0.3 is 10.5 Å². The fourth-order valence-corrected chi connectivity index (χ4v) is 1.31. The van der Waals surface area contributed by atoms with Crippen LogP contribution in [0.3, 0.4) is 0 Å². The Kier molecular flexibility index (Phi) is 1.92. The number of nitrogens with two attached hydrogens (primary N) is 1. The predicted molar refractivity (Wildman–Crippen MR) is 49.4 cm³/mol. The van der Waals surface area contributed by atoms with Crippen molar-refractivity contribution in [1.82, 2.24) is 4.98 Å². The standard InChI is InChI=1S/C9H9N3O2/c1-5-2-3-11-4-6(5)7-8(13)12-9(10)14-7/h2-4,7H,1H3,(H2,10,12,13). The molecular formula is C9H9N3O2. The molecule has 2 heterocycles. The monoisotopic (exact) mass is 191 g/mol. The third-order valence-corrected chi connectivity index (χ3v) is 2.05. The molecule has 0 saturated carbocycles. The molecule has 0 aliphatic carbocycles. The molecule has 0 saturated heterocycles. The number of rotatable bonds is 1. The maximum absolute atomic E-state index is 11.3. The van der Waals surface area contributed by atoms with E-state index < -0.39 is 6.10 Å². The van der Waals surface area contributed by atoms with Gasteiger partial charge in [0.05, 0.1) is 0 Å². The minimum absolute atomic E-state index is 0.0803. The zero-order chi connectivity index (χ0) is 10.1. The van der Waals surface area contributed by atoms with Gasteiger partial charge in [-0.25, -0.2) is 0 Å². The average molecular weight is 191 g/mol. The van der Waals surface area contributed by atoms with Gasteiger partial charge >= 0.3 is 0 Å². The van der Waals surface area contributed by atoms with Crippen LogP contribution in [0.5, 0.6) is 0 Å². The quantitative estimate of drug-likeness (QED) is 0.692. The fraction of sp³-hybridized carbons (Fsp3) is 0.222. The van der Waals surface area contributed by atoms with Gasteiger partial charge in [-0.05, 0) is 18.6 Å². The minimum atomic E-state index is -0.719. The van der Waals surface area contributed by atoms with Crippen molar-refractivity contribution >= 4 is 11.9 Å². The van der Waals surface area contributed by atoms with E-state index in [0.717, 1.165) is 5.56 Å². The number of carbonyl (C=O) groups is 1. The van der Waals surface area contributed by atoms with E-state index in [1.54, 1.807) is 18.5 Å². The summed E-state index contributed by atoms with van der Waals surface area (Å²) in [6, 6.07) is 1.73. The van der Waals surface area contributed by atoms with Gasteiger partial charge in [-0.1, -0.05) is 0 Å². The van der Waals surface area contributed by atoms with Crippen LogP contribution in [-0.2, 0) is 9.53 Å². The molecule has 1 aliphatic heterocycles. The summed E-state index contributed by atoms with van der Waals surface area (Å²) in [5, 5.41) is 0. The predicted octanol–water partition coefficient (Wildman–Crippen LogP) is 0.303. The van der Waals surface area contributed by atoms with Crippen molar-refractivity contribution < 1.29 is 9.53 Å². The first kappa shape index (κ1) is 8.68. The Morgan fingerprint density at radius 2 is 2.36 bits per heavy atom. The first-order valence-electron chi connectivity index (χ1n) is 4.13. The van der Waals surface area contributed by atoms with Crippen LogP contribution in [0.1, 0.15) is 17.2 Å². The Morgan fingerprint density at radius 3 is 2.93 bits per heavy atom. The van der Waals surface area contributed by atoms with E-state index in [-0.39, 0.29) is 11.9 Å². The lowest BCUT2D eigenvalue weighted by Gasteiger charge is -2.10. The molecule has 1 atom stereocenters. The van der Waals surface area contributed by atoms with Gasteiger partial charge in [-0.2, -0.15) is 4.99 Å². The first-order valence-corrected chi connectivity index (χ1v) is 4.13. The molecule has 0 bridgehead atoms. The van der Waals surface area contributed by atoms with Crippen LogP contribution in [0, 0.1) is 6.92 Å². The number of hydrogen-bond acceptors (Lipinski definition) is 4. The number of ether oxygens (including phenoxy) is 1. The van der Waals surface area contributed by atoms with Crippen LogP contribution in [0.4, 0.5) is 0 Å². The summed E-state index contributed by atoms with van der Waals surface area (Å²) >= 11 is 0. The van der Waals surface area contributed by atoms with Gasteiger partial charge in [0.2, 0.25) is 6.10 Å². The Hall–Kier alpha value is -1.91. The summed E-state index contributed by atoms with van der Waals surface area (Å²) < 4.78 is 5.08. The van der Waals surface area contributed by atoms with Crippen molar-refractivity contribution in [3.05, 3.63) is 29.6 Å². The van der Waals surface area contributed by atoms with Crippen LogP contribution >= 0.6 is 0 Å². The molecule has 0 fully saturated rings. The summed E-state index contributed by atoms with van der Waals surface area (Å²) in [5.74, 6) is -0.376. The molecule has 72 valence electrons. The third kappa shape index (κ3) is 1.32. The highest BCUT2D eigenvalue weighted by atomic mass is 16.5. The number of amides is 1. The second-order valence-electron chi connectivity index (χ2n) is 3.02. The van der Waals surface area contributed by atoms with Crippen LogP contribution in [0.15, 0.2) is 23.5 Å². The van der Waals surface area contributed by atoms with E-state index in [4.69, 9.17) is 10.5 Å². The van der Waals surface area contributed by atoms with Gasteiger partial charge in [-0.3, -0.25) is 9.78 Å². The van der Waals surface area contributed by atoms with E-state index in [0.29, 0.717) is 5.56 Å². The van der Waals surface area contributed by atoms with Gasteiger partial charge in [0.25, 0.3) is 11.9 Å². The number of aryl methyl sites for hydroxylation is 1. The lowest BCUT2D eigenvalue weighted by Crippen LogP contribution is -2.14. The molecule has 1 amide bonds. The molecule has 1 unspecified atom stereocenters. The normalized spacial score (nSPS) is 20.5. The summed E-state index contributed by atoms with van der Waals surface area (Å²) in [7, 11) is 0. The molecule has 1 aliphatic rings. The van der Waals surface area contributed by atoms with Gasteiger partial charge in [-0.15, -0.1) is 0 Å². The molecular weight excluding hydrogens is 182 g/mol. The lowest BCUT2D eigenvalue weighted by atomic mass is 10.1. The summed E-state index contributed by atoms with van der Waals surface area (Å²) in [6.07, 6.45) is 2.53. The van der Waals surface area contributed by atoms with Crippen LogP contribution in [0.2, 0.25) is 0 Å².